The molecule has 0 nitrogen and oxygen atoms in total. The van der Waals surface area contributed by atoms with Gasteiger partial charge >= 0.3 is 22.4 Å². The largest absolute Gasteiger partial charge is 1.00 e. The van der Waals surface area contributed by atoms with Gasteiger partial charge in [0.2, 0.25) is 0 Å². The van der Waals surface area contributed by atoms with Gasteiger partial charge in [-0.25, -0.2) is 0 Å². The molecule has 0 aliphatic heterocycles. The van der Waals surface area contributed by atoms with Gasteiger partial charge in [-0.2, -0.15) is 12.1 Å². The summed E-state index contributed by atoms with van der Waals surface area (Å²) in [6.07, 6.45) is 0. The molecule has 0 radical (unpaired) electrons. The summed E-state index contributed by atoms with van der Waals surface area (Å²) >= 11 is 1.55. The maximum absolute atomic E-state index is 3.01. The third kappa shape index (κ3) is 4.77. The van der Waals surface area contributed by atoms with E-state index in [-0.39, 0.29) is 22.4 Å². The van der Waals surface area contributed by atoms with E-state index in [9.17, 15) is 0 Å². The fraction of sp³-hybridized carbons (Fsp3) is 0. The van der Waals surface area contributed by atoms with Crippen LogP contribution in [0.3, 0.4) is 0 Å². The van der Waals surface area contributed by atoms with Crippen LogP contribution in [0, 0.1) is 5.38 Å². The SMILES string of the molecule is [Au+].[c-]1cccccccs1. The van der Waals surface area contributed by atoms with E-state index in [0.717, 1.165) is 0 Å². The molecule has 1 aromatic heterocycles. The number of rotatable bonds is 0. The molecule has 2 heteroatoms. The van der Waals surface area contributed by atoms with E-state index in [1.807, 2.05) is 41.8 Å². The monoisotopic (exact) mass is 332 g/mol. The molecular formula is C8H7AuS. The van der Waals surface area contributed by atoms with Gasteiger partial charge in [0, 0.05) is 0 Å². The Morgan fingerprint density at radius 2 is 1.60 bits per heavy atom. The molecule has 56 valence electrons. The van der Waals surface area contributed by atoms with Crippen molar-refractivity contribution in [3.05, 3.63) is 47.2 Å². The molecule has 0 bridgehead atoms. The quantitative estimate of drug-likeness (QED) is 0.506. The summed E-state index contributed by atoms with van der Waals surface area (Å²) in [6.45, 7) is 0. The standard InChI is InChI=1S/C8H7S.Au/c1-2-4-6-8-9-7-5-3-1;/h1-7H;/q-1;+1. The van der Waals surface area contributed by atoms with E-state index in [0.29, 0.717) is 0 Å². The average Bonchev–Trinajstić information content (AvgIpc) is 2.00. The van der Waals surface area contributed by atoms with Crippen LogP contribution >= 0.6 is 11.3 Å². The minimum atomic E-state index is 0. The zero-order chi connectivity index (χ0) is 6.36. The van der Waals surface area contributed by atoms with Crippen molar-refractivity contribution in [1.29, 1.82) is 0 Å². The first kappa shape index (κ1) is 9.92. The molecule has 0 atom stereocenters. The van der Waals surface area contributed by atoms with Crippen molar-refractivity contribution >= 4 is 11.3 Å². The van der Waals surface area contributed by atoms with Gasteiger partial charge < -0.3 is 0 Å². The fourth-order valence-electron chi connectivity index (χ4n) is 0.451. The summed E-state index contributed by atoms with van der Waals surface area (Å²) in [4.78, 5) is 0. The molecule has 0 aliphatic carbocycles. The molecule has 0 aliphatic rings. The Morgan fingerprint density at radius 3 is 2.50 bits per heavy atom. The van der Waals surface area contributed by atoms with Crippen molar-refractivity contribution in [2.24, 2.45) is 0 Å². The van der Waals surface area contributed by atoms with Crippen LogP contribution in [0.1, 0.15) is 0 Å². The number of hydrogen-bond donors (Lipinski definition) is 0. The Hall–Kier alpha value is -0.0797. The Kier molecular flexibility index (Phi) is 6.98. The first-order valence-corrected chi connectivity index (χ1v) is 3.61. The van der Waals surface area contributed by atoms with Crippen molar-refractivity contribution < 1.29 is 22.4 Å². The smallest absolute Gasteiger partial charge is 0.291 e. The zero-order valence-corrected chi connectivity index (χ0v) is 8.23. The van der Waals surface area contributed by atoms with Crippen LogP contribution in [-0.4, -0.2) is 0 Å². The summed E-state index contributed by atoms with van der Waals surface area (Å²) in [6, 6.07) is 11.8. The van der Waals surface area contributed by atoms with Crippen LogP contribution in [-0.2, 0) is 22.4 Å². The normalized spacial score (nSPS) is 7.20. The molecule has 0 spiro atoms. The molecular weight excluding hydrogens is 325 g/mol. The van der Waals surface area contributed by atoms with Crippen molar-refractivity contribution in [3.63, 3.8) is 0 Å². The topological polar surface area (TPSA) is 0 Å². The molecule has 0 N–H and O–H groups in total. The molecule has 0 unspecified atom stereocenters. The third-order valence-electron chi connectivity index (χ3n) is 0.823. The van der Waals surface area contributed by atoms with E-state index < -0.39 is 0 Å². The van der Waals surface area contributed by atoms with Crippen LogP contribution in [0.25, 0.3) is 0 Å². The molecule has 1 heterocycles. The Labute approximate surface area is 80.7 Å². The van der Waals surface area contributed by atoms with E-state index in [1.54, 1.807) is 11.3 Å². The summed E-state index contributed by atoms with van der Waals surface area (Å²) in [5, 5.41) is 4.99. The first-order valence-electron chi connectivity index (χ1n) is 2.73. The van der Waals surface area contributed by atoms with Crippen LogP contribution in [0.4, 0.5) is 0 Å². The molecule has 0 saturated carbocycles. The average molecular weight is 332 g/mol. The minimum absolute atomic E-state index is 0. The maximum Gasteiger partial charge on any atom is 1.00 e. The van der Waals surface area contributed by atoms with Gasteiger partial charge in [0.05, 0.1) is 0 Å². The second-order valence-electron chi connectivity index (χ2n) is 1.50. The van der Waals surface area contributed by atoms with E-state index in [1.165, 1.54) is 0 Å². The Balaban J connectivity index is 0.000000810. The first-order chi connectivity index (χ1) is 4.50. The Morgan fingerprint density at radius 1 is 0.900 bits per heavy atom. The van der Waals surface area contributed by atoms with Gasteiger partial charge in [-0.15, -0.1) is 22.9 Å². The molecule has 0 saturated heterocycles. The van der Waals surface area contributed by atoms with E-state index >= 15 is 0 Å². The summed E-state index contributed by atoms with van der Waals surface area (Å²) in [5.74, 6) is 0. The molecule has 1 rings (SSSR count). The van der Waals surface area contributed by atoms with Crippen molar-refractivity contribution in [2.75, 3.05) is 0 Å². The predicted octanol–water partition coefficient (Wildman–Crippen LogP) is 2.67. The second-order valence-corrected chi connectivity index (χ2v) is 2.24. The maximum atomic E-state index is 3.01. The molecule has 0 amide bonds. The third-order valence-corrected chi connectivity index (χ3v) is 1.39. The van der Waals surface area contributed by atoms with Crippen molar-refractivity contribution in [3.8, 4) is 0 Å². The van der Waals surface area contributed by atoms with Crippen molar-refractivity contribution in [1.82, 2.24) is 0 Å². The van der Waals surface area contributed by atoms with Gasteiger partial charge in [-0.05, 0) is 0 Å². The van der Waals surface area contributed by atoms with Gasteiger partial charge in [0.15, 0.2) is 0 Å². The van der Waals surface area contributed by atoms with Gasteiger partial charge in [-0.1, -0.05) is 12.1 Å². The molecule has 10 heavy (non-hydrogen) atoms. The van der Waals surface area contributed by atoms with Crippen LogP contribution < -0.4 is 0 Å². The zero-order valence-electron chi connectivity index (χ0n) is 5.25. The molecule has 0 aromatic carbocycles. The minimum Gasteiger partial charge on any atom is -0.291 e. The van der Waals surface area contributed by atoms with Gasteiger partial charge in [0.1, 0.15) is 0 Å². The summed E-state index contributed by atoms with van der Waals surface area (Å²) < 4.78 is 0. The van der Waals surface area contributed by atoms with Crippen LogP contribution in [0.5, 0.6) is 0 Å². The van der Waals surface area contributed by atoms with Gasteiger partial charge in [-0.3, -0.25) is 11.3 Å². The molecule has 0 fully saturated rings. The summed E-state index contributed by atoms with van der Waals surface area (Å²) in [5.41, 5.74) is 0. The van der Waals surface area contributed by atoms with E-state index in [2.05, 4.69) is 5.38 Å². The van der Waals surface area contributed by atoms with Crippen LogP contribution in [0.2, 0.25) is 0 Å². The van der Waals surface area contributed by atoms with E-state index in [4.69, 9.17) is 0 Å². The number of hydrogen-bond acceptors (Lipinski definition) is 1. The van der Waals surface area contributed by atoms with Gasteiger partial charge in [0.25, 0.3) is 0 Å². The van der Waals surface area contributed by atoms with Crippen LogP contribution in [0.15, 0.2) is 41.8 Å². The van der Waals surface area contributed by atoms with Crippen molar-refractivity contribution in [2.45, 2.75) is 0 Å². The Bertz CT molecular complexity index is 131. The summed E-state index contributed by atoms with van der Waals surface area (Å²) in [7, 11) is 0. The predicted molar refractivity (Wildman–Crippen MR) is 40.8 cm³/mol. The second kappa shape index (κ2) is 7.03. The molecule has 1 aromatic rings. The fourth-order valence-corrected chi connectivity index (χ4v) is 0.855.